The Labute approximate surface area is 169 Å². The lowest BCUT2D eigenvalue weighted by Gasteiger charge is -2.35. The molecular formula is C20H33IN4. The molecule has 0 amide bonds. The van der Waals surface area contributed by atoms with E-state index in [4.69, 9.17) is 0 Å². The van der Waals surface area contributed by atoms with Crippen LogP contribution >= 0.6 is 24.0 Å². The fourth-order valence-electron chi connectivity index (χ4n) is 3.74. The zero-order chi connectivity index (χ0) is 16.8. The molecule has 25 heavy (non-hydrogen) atoms. The molecule has 0 aliphatic heterocycles. The van der Waals surface area contributed by atoms with E-state index in [2.05, 4.69) is 58.2 Å². The van der Waals surface area contributed by atoms with E-state index in [1.54, 1.807) is 0 Å². The highest BCUT2D eigenvalue weighted by molar-refractivity contribution is 14.0. The van der Waals surface area contributed by atoms with Gasteiger partial charge in [0, 0.05) is 31.7 Å². The van der Waals surface area contributed by atoms with Crippen LogP contribution in [0.25, 0.3) is 0 Å². The minimum absolute atomic E-state index is 0. The van der Waals surface area contributed by atoms with Gasteiger partial charge in [-0.3, -0.25) is 4.99 Å². The molecule has 0 aromatic heterocycles. The van der Waals surface area contributed by atoms with Crippen molar-refractivity contribution in [1.82, 2.24) is 16.0 Å². The molecule has 5 heteroatoms. The first-order valence-corrected chi connectivity index (χ1v) is 9.48. The Morgan fingerprint density at radius 1 is 1.16 bits per heavy atom. The largest absolute Gasteiger partial charge is 0.356 e. The van der Waals surface area contributed by atoms with Gasteiger partial charge in [0.15, 0.2) is 5.96 Å². The third kappa shape index (κ3) is 6.13. The van der Waals surface area contributed by atoms with Crippen molar-refractivity contribution in [3.63, 3.8) is 0 Å². The molecule has 4 nitrogen and oxygen atoms in total. The van der Waals surface area contributed by atoms with Gasteiger partial charge in [-0.2, -0.15) is 0 Å². The smallest absolute Gasteiger partial charge is 0.191 e. The van der Waals surface area contributed by atoms with Gasteiger partial charge < -0.3 is 16.0 Å². The molecule has 1 aromatic carbocycles. The van der Waals surface area contributed by atoms with Crippen molar-refractivity contribution < 1.29 is 0 Å². The molecule has 2 fully saturated rings. The second kappa shape index (κ2) is 9.76. The summed E-state index contributed by atoms with van der Waals surface area (Å²) in [7, 11) is 1.86. The van der Waals surface area contributed by atoms with Gasteiger partial charge in [0.2, 0.25) is 0 Å². The highest BCUT2D eigenvalue weighted by atomic mass is 127. The maximum Gasteiger partial charge on any atom is 0.191 e. The van der Waals surface area contributed by atoms with Gasteiger partial charge in [0.05, 0.1) is 0 Å². The molecule has 2 aliphatic rings. The second-order valence-electron chi connectivity index (χ2n) is 7.51. The number of aliphatic imine (C=N–C) groups is 1. The molecule has 1 aromatic rings. The van der Waals surface area contributed by atoms with Gasteiger partial charge >= 0.3 is 0 Å². The summed E-state index contributed by atoms with van der Waals surface area (Å²) >= 11 is 0. The van der Waals surface area contributed by atoms with Gasteiger partial charge in [-0.05, 0) is 44.1 Å². The van der Waals surface area contributed by atoms with Crippen molar-refractivity contribution in [1.29, 1.82) is 0 Å². The summed E-state index contributed by atoms with van der Waals surface area (Å²) in [4.78, 5) is 4.38. The van der Waals surface area contributed by atoms with Crippen LogP contribution in [0.15, 0.2) is 35.3 Å². The van der Waals surface area contributed by atoms with Crippen molar-refractivity contribution in [3.8, 4) is 0 Å². The maximum absolute atomic E-state index is 4.38. The predicted molar refractivity (Wildman–Crippen MR) is 117 cm³/mol. The normalized spacial score (nSPS) is 20.6. The molecule has 0 bridgehead atoms. The summed E-state index contributed by atoms with van der Waals surface area (Å²) in [6.45, 7) is 4.27. The molecule has 0 radical (unpaired) electrons. The van der Waals surface area contributed by atoms with Crippen LogP contribution in [0.5, 0.6) is 0 Å². The van der Waals surface area contributed by atoms with Crippen LogP contribution in [0, 0.1) is 5.92 Å². The van der Waals surface area contributed by atoms with Crippen molar-refractivity contribution in [3.05, 3.63) is 35.9 Å². The van der Waals surface area contributed by atoms with E-state index in [1.807, 2.05) is 7.05 Å². The Bertz CT molecular complexity index is 536. The molecule has 0 heterocycles. The number of benzene rings is 1. The topological polar surface area (TPSA) is 48.5 Å². The van der Waals surface area contributed by atoms with E-state index in [1.165, 1.54) is 44.1 Å². The Hall–Kier alpha value is -0.820. The number of nitrogens with one attached hydrogen (secondary N) is 3. The number of halogens is 1. The lowest BCUT2D eigenvalue weighted by Crippen LogP contribution is -2.54. The summed E-state index contributed by atoms with van der Waals surface area (Å²) in [5.74, 6) is 1.81. The van der Waals surface area contributed by atoms with Crippen LogP contribution in [-0.2, 0) is 0 Å². The standard InChI is InChI=1S/C20H32N4.HI/c1-16(18-8-4-3-5-9-18)24-20(12-6-7-13-20)15-23-19(21-2)22-14-17-10-11-17;/h3-5,8-9,16-17,24H,6-7,10-15H2,1-2H3,(H2,21,22,23);1H. The van der Waals surface area contributed by atoms with Crippen molar-refractivity contribution in [2.24, 2.45) is 10.9 Å². The third-order valence-corrected chi connectivity index (χ3v) is 5.46. The predicted octanol–water partition coefficient (Wildman–Crippen LogP) is 3.84. The molecule has 3 rings (SSSR count). The number of rotatable bonds is 7. The van der Waals surface area contributed by atoms with Crippen LogP contribution < -0.4 is 16.0 Å². The summed E-state index contributed by atoms with van der Waals surface area (Å²) in [5, 5.41) is 11.0. The summed E-state index contributed by atoms with van der Waals surface area (Å²) in [5.41, 5.74) is 1.53. The van der Waals surface area contributed by atoms with Crippen molar-refractivity contribution >= 4 is 29.9 Å². The highest BCUT2D eigenvalue weighted by Crippen LogP contribution is 2.32. The molecule has 2 saturated carbocycles. The van der Waals surface area contributed by atoms with Gasteiger partial charge in [0.25, 0.3) is 0 Å². The Morgan fingerprint density at radius 2 is 1.84 bits per heavy atom. The quantitative estimate of drug-likeness (QED) is 0.332. The van der Waals surface area contributed by atoms with Gasteiger partial charge in [-0.15, -0.1) is 24.0 Å². The lowest BCUT2D eigenvalue weighted by molar-refractivity contribution is 0.297. The fourth-order valence-corrected chi connectivity index (χ4v) is 3.74. The molecule has 3 N–H and O–H groups in total. The number of hydrogen-bond donors (Lipinski definition) is 3. The van der Waals surface area contributed by atoms with Crippen LogP contribution in [0.2, 0.25) is 0 Å². The number of nitrogens with zero attached hydrogens (tertiary/aromatic N) is 1. The van der Waals surface area contributed by atoms with E-state index >= 15 is 0 Å². The first kappa shape index (κ1) is 20.5. The Morgan fingerprint density at radius 3 is 2.44 bits per heavy atom. The average Bonchev–Trinajstić information content (AvgIpc) is 3.34. The van der Waals surface area contributed by atoms with E-state index in [0.717, 1.165) is 25.0 Å². The number of hydrogen-bond acceptors (Lipinski definition) is 2. The SMILES string of the molecule is CN=C(NCC1CC1)NCC1(NC(C)c2ccccc2)CCCC1.I. The molecule has 1 unspecified atom stereocenters. The second-order valence-corrected chi connectivity index (χ2v) is 7.51. The Balaban J connectivity index is 0.00000225. The van der Waals surface area contributed by atoms with Crippen LogP contribution in [-0.4, -0.2) is 31.6 Å². The van der Waals surface area contributed by atoms with Gasteiger partial charge in [0.1, 0.15) is 0 Å². The third-order valence-electron chi connectivity index (χ3n) is 5.46. The van der Waals surface area contributed by atoms with Gasteiger partial charge in [-0.25, -0.2) is 0 Å². The molecule has 0 saturated heterocycles. The lowest BCUT2D eigenvalue weighted by atomic mass is 9.94. The fraction of sp³-hybridized carbons (Fsp3) is 0.650. The van der Waals surface area contributed by atoms with Crippen LogP contribution in [0.1, 0.15) is 57.1 Å². The maximum atomic E-state index is 4.38. The molecule has 140 valence electrons. The van der Waals surface area contributed by atoms with E-state index in [-0.39, 0.29) is 29.5 Å². The van der Waals surface area contributed by atoms with Crippen LogP contribution in [0.3, 0.4) is 0 Å². The molecule has 2 aliphatic carbocycles. The molecular weight excluding hydrogens is 423 g/mol. The van der Waals surface area contributed by atoms with Crippen molar-refractivity contribution in [2.45, 2.75) is 57.0 Å². The van der Waals surface area contributed by atoms with Crippen molar-refractivity contribution in [2.75, 3.05) is 20.1 Å². The van der Waals surface area contributed by atoms with Gasteiger partial charge in [-0.1, -0.05) is 43.2 Å². The zero-order valence-electron chi connectivity index (χ0n) is 15.6. The van der Waals surface area contributed by atoms with Crippen LogP contribution in [0.4, 0.5) is 0 Å². The average molecular weight is 456 g/mol. The zero-order valence-corrected chi connectivity index (χ0v) is 17.9. The Kier molecular flexibility index (Phi) is 8.00. The molecule has 1 atom stereocenters. The summed E-state index contributed by atoms with van der Waals surface area (Å²) in [6, 6.07) is 11.1. The summed E-state index contributed by atoms with van der Waals surface area (Å²) < 4.78 is 0. The van der Waals surface area contributed by atoms with E-state index in [9.17, 15) is 0 Å². The van der Waals surface area contributed by atoms with E-state index < -0.39 is 0 Å². The highest BCUT2D eigenvalue weighted by Gasteiger charge is 2.35. The monoisotopic (exact) mass is 456 g/mol. The summed E-state index contributed by atoms with van der Waals surface area (Å²) in [6.07, 6.45) is 7.82. The number of guanidine groups is 1. The minimum Gasteiger partial charge on any atom is -0.356 e. The first-order chi connectivity index (χ1) is 11.7. The van der Waals surface area contributed by atoms with E-state index in [0.29, 0.717) is 6.04 Å². The molecule has 0 spiro atoms. The first-order valence-electron chi connectivity index (χ1n) is 9.48. The minimum atomic E-state index is 0.